The van der Waals surface area contributed by atoms with E-state index in [0.29, 0.717) is 11.5 Å². The molecule has 0 heterocycles. The van der Waals surface area contributed by atoms with Crippen molar-refractivity contribution in [2.75, 3.05) is 13.6 Å². The largest absolute Gasteiger partial charge is 0.317 e. The van der Waals surface area contributed by atoms with Gasteiger partial charge in [-0.2, -0.15) is 0 Å². The lowest BCUT2D eigenvalue weighted by Gasteiger charge is -2.20. The fourth-order valence-corrected chi connectivity index (χ4v) is 1.68. The summed E-state index contributed by atoms with van der Waals surface area (Å²) in [6.07, 6.45) is 5.04. The Kier molecular flexibility index (Phi) is 7.69. The van der Waals surface area contributed by atoms with Gasteiger partial charge in [0.15, 0.2) is 0 Å². The molecular formula is C11H26N2S. The molecule has 0 aromatic rings. The maximum Gasteiger partial charge on any atom is 0.00764 e. The zero-order valence-electron chi connectivity index (χ0n) is 10.1. The molecule has 3 heteroatoms. The quantitative estimate of drug-likeness (QED) is 0.572. The summed E-state index contributed by atoms with van der Waals surface area (Å²) in [4.78, 5) is 0. The highest BCUT2D eigenvalue weighted by Crippen LogP contribution is 2.22. The normalized spacial score (nSPS) is 14.4. The summed E-state index contributed by atoms with van der Waals surface area (Å²) in [5, 5.41) is 3.35. The van der Waals surface area contributed by atoms with Gasteiger partial charge < -0.3 is 5.32 Å². The minimum atomic E-state index is 0.472. The molecule has 0 aromatic heterocycles. The van der Waals surface area contributed by atoms with Crippen molar-refractivity contribution in [2.45, 2.75) is 52.5 Å². The standard InChI is InChI=1S/C11H26N2S/c1-11(2,3)8-5-6-10(12-4)7-9-13-14/h10,12-14H,5-9H2,1-4H3. The molecule has 0 rings (SSSR count). The molecule has 0 spiro atoms. The summed E-state index contributed by atoms with van der Waals surface area (Å²) < 4.78 is 2.89. The van der Waals surface area contributed by atoms with Gasteiger partial charge in [-0.1, -0.05) is 40.0 Å². The molecule has 1 unspecified atom stereocenters. The van der Waals surface area contributed by atoms with E-state index in [1.165, 1.54) is 19.3 Å². The maximum atomic E-state index is 3.99. The molecular weight excluding hydrogens is 192 g/mol. The van der Waals surface area contributed by atoms with Gasteiger partial charge in [0.05, 0.1) is 0 Å². The van der Waals surface area contributed by atoms with E-state index in [1.807, 2.05) is 7.05 Å². The molecule has 0 fully saturated rings. The topological polar surface area (TPSA) is 24.1 Å². The van der Waals surface area contributed by atoms with Gasteiger partial charge in [-0.05, 0) is 31.7 Å². The van der Waals surface area contributed by atoms with Crippen molar-refractivity contribution in [3.63, 3.8) is 0 Å². The molecule has 0 aliphatic heterocycles. The monoisotopic (exact) mass is 218 g/mol. The van der Waals surface area contributed by atoms with Crippen molar-refractivity contribution < 1.29 is 0 Å². The van der Waals surface area contributed by atoms with Gasteiger partial charge in [-0.15, -0.1) is 0 Å². The van der Waals surface area contributed by atoms with Crippen LogP contribution < -0.4 is 10.0 Å². The van der Waals surface area contributed by atoms with Gasteiger partial charge in [0.25, 0.3) is 0 Å². The number of nitrogens with one attached hydrogen (secondary N) is 2. The molecule has 0 saturated carbocycles. The average molecular weight is 218 g/mol. The van der Waals surface area contributed by atoms with Crippen LogP contribution in [-0.4, -0.2) is 19.6 Å². The second-order valence-electron chi connectivity index (χ2n) is 5.14. The predicted molar refractivity (Wildman–Crippen MR) is 67.8 cm³/mol. The van der Waals surface area contributed by atoms with Gasteiger partial charge in [0.2, 0.25) is 0 Å². The van der Waals surface area contributed by atoms with Crippen molar-refractivity contribution in [3.05, 3.63) is 0 Å². The smallest absolute Gasteiger partial charge is 0.00764 e. The third kappa shape index (κ3) is 8.85. The van der Waals surface area contributed by atoms with Gasteiger partial charge in [0.1, 0.15) is 0 Å². The first-order valence-electron chi connectivity index (χ1n) is 5.54. The van der Waals surface area contributed by atoms with E-state index in [2.05, 4.69) is 43.6 Å². The Morgan fingerprint density at radius 3 is 2.29 bits per heavy atom. The van der Waals surface area contributed by atoms with Crippen molar-refractivity contribution in [1.82, 2.24) is 10.0 Å². The Balaban J connectivity index is 3.52. The number of hydrogen-bond acceptors (Lipinski definition) is 3. The molecule has 86 valence electrons. The molecule has 1 atom stereocenters. The summed E-state index contributed by atoms with van der Waals surface area (Å²) in [6.45, 7) is 7.88. The summed E-state index contributed by atoms with van der Waals surface area (Å²) in [5.41, 5.74) is 0.472. The lowest BCUT2D eigenvalue weighted by atomic mass is 9.89. The molecule has 0 bridgehead atoms. The Labute approximate surface area is 94.8 Å². The first kappa shape index (κ1) is 14.3. The van der Waals surface area contributed by atoms with Crippen LogP contribution in [0.4, 0.5) is 0 Å². The van der Waals surface area contributed by atoms with Crippen LogP contribution in [0.1, 0.15) is 46.5 Å². The Morgan fingerprint density at radius 1 is 1.21 bits per heavy atom. The minimum absolute atomic E-state index is 0.472. The van der Waals surface area contributed by atoms with Gasteiger partial charge in [0, 0.05) is 12.6 Å². The fourth-order valence-electron chi connectivity index (χ4n) is 1.55. The van der Waals surface area contributed by atoms with Crippen LogP contribution in [0.5, 0.6) is 0 Å². The van der Waals surface area contributed by atoms with E-state index in [1.54, 1.807) is 0 Å². The summed E-state index contributed by atoms with van der Waals surface area (Å²) >= 11 is 3.99. The zero-order chi connectivity index (χ0) is 11.0. The second-order valence-corrected chi connectivity index (χ2v) is 5.45. The second kappa shape index (κ2) is 7.55. The van der Waals surface area contributed by atoms with Crippen LogP contribution in [0.3, 0.4) is 0 Å². The minimum Gasteiger partial charge on any atom is -0.317 e. The van der Waals surface area contributed by atoms with Gasteiger partial charge in [-0.25, -0.2) is 0 Å². The summed E-state index contributed by atoms with van der Waals surface area (Å²) in [7, 11) is 2.04. The lowest BCUT2D eigenvalue weighted by Crippen LogP contribution is -2.28. The van der Waals surface area contributed by atoms with Crippen molar-refractivity contribution in [2.24, 2.45) is 5.41 Å². The molecule has 0 amide bonds. The molecule has 0 aliphatic carbocycles. The first-order valence-corrected chi connectivity index (χ1v) is 5.98. The molecule has 14 heavy (non-hydrogen) atoms. The van der Waals surface area contributed by atoms with E-state index in [4.69, 9.17) is 0 Å². The van der Waals surface area contributed by atoms with Crippen molar-refractivity contribution >= 4 is 12.8 Å². The zero-order valence-corrected chi connectivity index (χ0v) is 11.0. The molecule has 2 nitrogen and oxygen atoms in total. The highest BCUT2D eigenvalue weighted by molar-refractivity contribution is 7.78. The molecule has 0 saturated heterocycles. The van der Waals surface area contributed by atoms with Gasteiger partial charge >= 0.3 is 0 Å². The highest BCUT2D eigenvalue weighted by Gasteiger charge is 2.11. The Bertz CT molecular complexity index is 132. The summed E-state index contributed by atoms with van der Waals surface area (Å²) in [6, 6.07) is 0.636. The molecule has 0 radical (unpaired) electrons. The molecule has 2 N–H and O–H groups in total. The highest BCUT2D eigenvalue weighted by atomic mass is 32.1. The Hall–Kier alpha value is 0.270. The maximum absolute atomic E-state index is 3.99. The van der Waals surface area contributed by atoms with Crippen LogP contribution in [0.2, 0.25) is 0 Å². The average Bonchev–Trinajstić information content (AvgIpc) is 2.09. The van der Waals surface area contributed by atoms with Crippen LogP contribution in [0.25, 0.3) is 0 Å². The van der Waals surface area contributed by atoms with Crippen molar-refractivity contribution in [3.8, 4) is 0 Å². The Morgan fingerprint density at radius 2 is 1.86 bits per heavy atom. The van der Waals surface area contributed by atoms with E-state index >= 15 is 0 Å². The molecule has 0 aliphatic rings. The van der Waals surface area contributed by atoms with E-state index in [0.717, 1.165) is 13.0 Å². The SMILES string of the molecule is CNC(CCCC(C)(C)C)CCNS. The number of thiol groups is 1. The predicted octanol–water partition coefficient (Wildman–Crippen LogP) is 2.62. The van der Waals surface area contributed by atoms with E-state index in [9.17, 15) is 0 Å². The van der Waals surface area contributed by atoms with E-state index < -0.39 is 0 Å². The van der Waals surface area contributed by atoms with Crippen LogP contribution in [0.15, 0.2) is 0 Å². The third-order valence-electron chi connectivity index (χ3n) is 2.49. The van der Waals surface area contributed by atoms with Crippen LogP contribution >= 0.6 is 12.8 Å². The van der Waals surface area contributed by atoms with Crippen LogP contribution in [0, 0.1) is 5.41 Å². The van der Waals surface area contributed by atoms with Crippen LogP contribution in [-0.2, 0) is 0 Å². The van der Waals surface area contributed by atoms with Gasteiger partial charge in [-0.3, -0.25) is 4.72 Å². The number of hydrogen-bond donors (Lipinski definition) is 3. The third-order valence-corrected chi connectivity index (χ3v) is 2.72. The first-order chi connectivity index (χ1) is 6.49. The van der Waals surface area contributed by atoms with Crippen molar-refractivity contribution in [1.29, 1.82) is 0 Å². The molecule has 0 aromatic carbocycles. The fraction of sp³-hybridized carbons (Fsp3) is 1.00. The van der Waals surface area contributed by atoms with E-state index in [-0.39, 0.29) is 0 Å². The summed E-state index contributed by atoms with van der Waals surface area (Å²) in [5.74, 6) is 0. The lowest BCUT2D eigenvalue weighted by molar-refractivity contribution is 0.342. The number of rotatable bonds is 7.